The van der Waals surface area contributed by atoms with Crippen molar-refractivity contribution in [3.8, 4) is 5.75 Å². The highest BCUT2D eigenvalue weighted by molar-refractivity contribution is 14.0. The quantitative estimate of drug-likeness (QED) is 0.262. The molecule has 3 N–H and O–H groups in total. The summed E-state index contributed by atoms with van der Waals surface area (Å²) < 4.78 is 43.5. The van der Waals surface area contributed by atoms with E-state index in [1.165, 1.54) is 18.6 Å². The summed E-state index contributed by atoms with van der Waals surface area (Å²) in [5.74, 6) is 0.698. The Balaban J connectivity index is 0.00000420. The second kappa shape index (κ2) is 12.7. The van der Waals surface area contributed by atoms with E-state index in [1.54, 1.807) is 0 Å². The topological polar surface area (TPSA) is 65.9 Å². The molecule has 0 spiro atoms. The molecule has 1 aliphatic rings. The van der Waals surface area contributed by atoms with Crippen molar-refractivity contribution in [2.45, 2.75) is 49.8 Å². The number of nitrogens with zero attached hydrogens (tertiary/aromatic N) is 1. The van der Waals surface area contributed by atoms with E-state index >= 15 is 0 Å². The SMILES string of the molecule is CCNC(=NCC(O)COc1cccc(C(F)(F)F)c1)NC1CCC(SC)C1.I. The largest absolute Gasteiger partial charge is 0.491 e. The van der Waals surface area contributed by atoms with Crippen molar-refractivity contribution in [3.05, 3.63) is 29.8 Å². The lowest BCUT2D eigenvalue weighted by Gasteiger charge is -2.18. The van der Waals surface area contributed by atoms with E-state index in [0.717, 1.165) is 25.0 Å². The van der Waals surface area contributed by atoms with Crippen molar-refractivity contribution in [2.75, 3.05) is 26.0 Å². The summed E-state index contributed by atoms with van der Waals surface area (Å²) in [4.78, 5) is 4.37. The molecule has 5 nitrogen and oxygen atoms in total. The number of guanidine groups is 1. The Kier molecular flexibility index (Phi) is 11.5. The first-order valence-electron chi connectivity index (χ1n) is 9.37. The fourth-order valence-corrected chi connectivity index (χ4v) is 3.80. The molecule has 0 bridgehead atoms. The zero-order valence-corrected chi connectivity index (χ0v) is 19.7. The molecule has 0 radical (unpaired) electrons. The Labute approximate surface area is 191 Å². The number of hydrogen-bond donors (Lipinski definition) is 3. The lowest BCUT2D eigenvalue weighted by atomic mass is 10.2. The van der Waals surface area contributed by atoms with Gasteiger partial charge in [0.05, 0.1) is 12.1 Å². The van der Waals surface area contributed by atoms with Crippen molar-refractivity contribution in [1.29, 1.82) is 0 Å². The molecule has 10 heteroatoms. The summed E-state index contributed by atoms with van der Waals surface area (Å²) in [5.41, 5.74) is -0.781. The molecule has 2 rings (SSSR count). The van der Waals surface area contributed by atoms with Crippen LogP contribution in [0.4, 0.5) is 13.2 Å². The summed E-state index contributed by atoms with van der Waals surface area (Å²) in [6.07, 6.45) is 0.0972. The van der Waals surface area contributed by atoms with E-state index in [-0.39, 0.29) is 42.9 Å². The van der Waals surface area contributed by atoms with Gasteiger partial charge in [-0.05, 0) is 50.6 Å². The van der Waals surface area contributed by atoms with E-state index in [9.17, 15) is 18.3 Å². The maximum Gasteiger partial charge on any atom is 0.416 e. The lowest BCUT2D eigenvalue weighted by molar-refractivity contribution is -0.137. The van der Waals surface area contributed by atoms with Gasteiger partial charge in [-0.1, -0.05) is 6.07 Å². The molecular weight excluding hydrogens is 518 g/mol. The molecule has 0 aliphatic heterocycles. The molecule has 0 aromatic heterocycles. The minimum atomic E-state index is -4.43. The van der Waals surface area contributed by atoms with Gasteiger partial charge < -0.3 is 20.5 Å². The number of halogens is 4. The summed E-state index contributed by atoms with van der Waals surface area (Å²) >= 11 is 1.87. The third-order valence-corrected chi connectivity index (χ3v) is 5.56. The predicted octanol–water partition coefficient (Wildman–Crippen LogP) is 3.90. The van der Waals surface area contributed by atoms with Gasteiger partial charge in [-0.25, -0.2) is 0 Å². The summed E-state index contributed by atoms with van der Waals surface area (Å²) in [7, 11) is 0. The molecule has 1 fully saturated rings. The van der Waals surface area contributed by atoms with E-state index < -0.39 is 17.8 Å². The van der Waals surface area contributed by atoms with Crippen molar-refractivity contribution in [1.82, 2.24) is 10.6 Å². The second-order valence-electron chi connectivity index (χ2n) is 6.72. The number of aliphatic imine (C=N–C) groups is 1. The zero-order chi connectivity index (χ0) is 20.6. The standard InChI is InChI=1S/C19H28F3N3O2S.HI/c1-3-23-18(25-14-7-8-17(10-14)28-2)24-11-15(26)12-27-16-6-4-5-13(9-16)19(20,21)22;/h4-6,9,14-15,17,26H,3,7-8,10-12H2,1-2H3,(H2,23,24,25);1H. The first-order valence-corrected chi connectivity index (χ1v) is 10.7. The summed E-state index contributed by atoms with van der Waals surface area (Å²) in [6, 6.07) is 4.96. The van der Waals surface area contributed by atoms with Gasteiger partial charge in [-0.3, -0.25) is 4.99 Å². The highest BCUT2D eigenvalue weighted by Gasteiger charge is 2.30. The molecule has 0 heterocycles. The third kappa shape index (κ3) is 9.20. The number of aliphatic hydroxyl groups excluding tert-OH is 1. The van der Waals surface area contributed by atoms with Gasteiger partial charge in [0.15, 0.2) is 5.96 Å². The first-order chi connectivity index (χ1) is 13.3. The van der Waals surface area contributed by atoms with Gasteiger partial charge in [0.25, 0.3) is 0 Å². The van der Waals surface area contributed by atoms with Crippen LogP contribution < -0.4 is 15.4 Å². The van der Waals surface area contributed by atoms with Gasteiger partial charge in [0, 0.05) is 17.8 Å². The number of ether oxygens (including phenoxy) is 1. The number of alkyl halides is 3. The van der Waals surface area contributed by atoms with Crippen LogP contribution in [0.15, 0.2) is 29.3 Å². The minimum Gasteiger partial charge on any atom is -0.491 e. The van der Waals surface area contributed by atoms with Crippen molar-refractivity contribution < 1.29 is 23.0 Å². The van der Waals surface area contributed by atoms with E-state index in [1.807, 2.05) is 18.7 Å². The average Bonchev–Trinajstić information content (AvgIpc) is 3.12. The highest BCUT2D eigenvalue weighted by Crippen LogP contribution is 2.31. The van der Waals surface area contributed by atoms with Crippen LogP contribution in [-0.2, 0) is 6.18 Å². The van der Waals surface area contributed by atoms with Crippen molar-refractivity contribution >= 4 is 41.7 Å². The van der Waals surface area contributed by atoms with Gasteiger partial charge in [-0.15, -0.1) is 24.0 Å². The molecular formula is C19H29F3IN3O2S. The Hall–Kier alpha value is -0.880. The normalized spacial score (nSPS) is 20.7. The fraction of sp³-hybridized carbons (Fsp3) is 0.632. The Morgan fingerprint density at radius 1 is 1.38 bits per heavy atom. The number of rotatable bonds is 8. The predicted molar refractivity (Wildman–Crippen MR) is 122 cm³/mol. The van der Waals surface area contributed by atoms with Crippen molar-refractivity contribution in [3.63, 3.8) is 0 Å². The molecule has 0 saturated heterocycles. The monoisotopic (exact) mass is 547 g/mol. The number of nitrogens with one attached hydrogen (secondary N) is 2. The molecule has 1 saturated carbocycles. The molecule has 166 valence electrons. The first kappa shape index (κ1) is 26.2. The maximum atomic E-state index is 12.7. The molecule has 3 atom stereocenters. The van der Waals surface area contributed by atoms with Gasteiger partial charge >= 0.3 is 6.18 Å². The number of hydrogen-bond acceptors (Lipinski definition) is 4. The summed E-state index contributed by atoms with van der Waals surface area (Å²) in [6.45, 7) is 2.61. The van der Waals surface area contributed by atoms with Crippen LogP contribution in [0.2, 0.25) is 0 Å². The van der Waals surface area contributed by atoms with Crippen LogP contribution in [0.3, 0.4) is 0 Å². The Bertz CT molecular complexity index is 649. The smallest absolute Gasteiger partial charge is 0.416 e. The van der Waals surface area contributed by atoms with Gasteiger partial charge in [0.1, 0.15) is 18.5 Å². The van der Waals surface area contributed by atoms with Crippen LogP contribution in [0.1, 0.15) is 31.7 Å². The highest BCUT2D eigenvalue weighted by atomic mass is 127. The van der Waals surface area contributed by atoms with Gasteiger partial charge in [-0.2, -0.15) is 24.9 Å². The molecule has 3 unspecified atom stereocenters. The minimum absolute atomic E-state index is 0. The number of thioether (sulfide) groups is 1. The third-order valence-electron chi connectivity index (χ3n) is 4.47. The van der Waals surface area contributed by atoms with Crippen LogP contribution in [-0.4, -0.2) is 54.4 Å². The molecule has 1 aromatic rings. The van der Waals surface area contributed by atoms with Crippen LogP contribution in [0.5, 0.6) is 5.75 Å². The molecule has 1 aromatic carbocycles. The lowest BCUT2D eigenvalue weighted by Crippen LogP contribution is -2.43. The zero-order valence-electron chi connectivity index (χ0n) is 16.5. The van der Waals surface area contributed by atoms with E-state index in [2.05, 4.69) is 21.9 Å². The number of aliphatic hydroxyl groups is 1. The van der Waals surface area contributed by atoms with Gasteiger partial charge in [0.2, 0.25) is 0 Å². The molecule has 29 heavy (non-hydrogen) atoms. The van der Waals surface area contributed by atoms with E-state index in [0.29, 0.717) is 23.8 Å². The van der Waals surface area contributed by atoms with E-state index in [4.69, 9.17) is 4.74 Å². The fourth-order valence-electron chi connectivity index (χ4n) is 3.00. The van der Waals surface area contributed by atoms with Crippen LogP contribution in [0.25, 0.3) is 0 Å². The Morgan fingerprint density at radius 3 is 2.76 bits per heavy atom. The van der Waals surface area contributed by atoms with Crippen molar-refractivity contribution in [2.24, 2.45) is 4.99 Å². The second-order valence-corrected chi connectivity index (χ2v) is 7.86. The summed E-state index contributed by atoms with van der Waals surface area (Å²) in [5, 5.41) is 17.3. The maximum absolute atomic E-state index is 12.7. The number of benzene rings is 1. The average molecular weight is 547 g/mol. The molecule has 0 amide bonds. The van der Waals surface area contributed by atoms with Crippen LogP contribution in [0, 0.1) is 0 Å². The van der Waals surface area contributed by atoms with Crippen LogP contribution >= 0.6 is 35.7 Å². The molecule has 1 aliphatic carbocycles. The Morgan fingerprint density at radius 2 is 2.14 bits per heavy atom.